The molecule has 0 fully saturated rings. The van der Waals surface area contributed by atoms with E-state index in [0.717, 1.165) is 0 Å². The molecule has 0 saturated carbocycles. The molecule has 0 aliphatic carbocycles. The zero-order valence-corrected chi connectivity index (χ0v) is 7.51. The highest BCUT2D eigenvalue weighted by molar-refractivity contribution is 5.68. The first-order chi connectivity index (χ1) is 6.50. The van der Waals surface area contributed by atoms with Crippen LogP contribution in [0.1, 0.15) is 0 Å². The van der Waals surface area contributed by atoms with Crippen molar-refractivity contribution in [2.75, 3.05) is 7.05 Å². The van der Waals surface area contributed by atoms with Gasteiger partial charge in [0.15, 0.2) is 11.8 Å². The Kier molecular flexibility index (Phi) is 1.64. The van der Waals surface area contributed by atoms with Gasteiger partial charge in [-0.05, 0) is 0 Å². The molecule has 2 heterocycles. The van der Waals surface area contributed by atoms with Crippen LogP contribution < -0.4 is 22.1 Å². The van der Waals surface area contributed by atoms with Gasteiger partial charge in [-0.3, -0.25) is 4.79 Å². The number of nitrogens with one attached hydrogen (secondary N) is 1. The predicted molar refractivity (Wildman–Crippen MR) is 50.0 cm³/mol. The van der Waals surface area contributed by atoms with E-state index in [2.05, 4.69) is 15.0 Å². The van der Waals surface area contributed by atoms with Crippen molar-refractivity contribution in [1.29, 1.82) is 0 Å². The number of rotatable bonds is 1. The molecular formula is C6H10N7O+. The SMILES string of the molecule is C[N+](N)(N)n1cnc2c(=O)[nH]cnc21. The molecule has 0 amide bonds. The summed E-state index contributed by atoms with van der Waals surface area (Å²) in [5.74, 6) is 11.2. The number of aromatic nitrogens is 4. The van der Waals surface area contributed by atoms with E-state index >= 15 is 0 Å². The summed E-state index contributed by atoms with van der Waals surface area (Å²) in [5, 5.41) is 0. The van der Waals surface area contributed by atoms with Crippen molar-refractivity contribution in [3.05, 3.63) is 23.0 Å². The van der Waals surface area contributed by atoms with Gasteiger partial charge in [0.1, 0.15) is 7.05 Å². The maximum atomic E-state index is 11.3. The van der Waals surface area contributed by atoms with Crippen molar-refractivity contribution in [2.24, 2.45) is 11.7 Å². The minimum atomic E-state index is -0.479. The number of fused-ring (bicyclic) bond motifs is 1. The lowest BCUT2D eigenvalue weighted by atomic mass is 10.5. The molecule has 5 N–H and O–H groups in total. The van der Waals surface area contributed by atoms with Gasteiger partial charge in [0, 0.05) is 0 Å². The van der Waals surface area contributed by atoms with Crippen molar-refractivity contribution in [2.45, 2.75) is 0 Å². The van der Waals surface area contributed by atoms with Gasteiger partial charge in [0.2, 0.25) is 5.65 Å². The molecule has 0 aliphatic rings. The second-order valence-corrected chi connectivity index (χ2v) is 3.09. The molecule has 2 aromatic heterocycles. The van der Waals surface area contributed by atoms with E-state index in [1.54, 1.807) is 0 Å². The first-order valence-corrected chi connectivity index (χ1v) is 3.85. The van der Waals surface area contributed by atoms with E-state index in [-0.39, 0.29) is 11.1 Å². The molecule has 8 heteroatoms. The summed E-state index contributed by atoms with van der Waals surface area (Å²) in [6, 6.07) is 0. The van der Waals surface area contributed by atoms with E-state index < -0.39 is 4.81 Å². The Labute approximate surface area is 78.3 Å². The largest absolute Gasteiger partial charge is 0.311 e. The average Bonchev–Trinajstić information content (AvgIpc) is 2.47. The third-order valence-electron chi connectivity index (χ3n) is 1.79. The number of H-pyrrole nitrogens is 1. The molecule has 0 unspecified atom stereocenters. The number of hydrogen-bond donors (Lipinski definition) is 3. The van der Waals surface area contributed by atoms with Crippen molar-refractivity contribution in [3.8, 4) is 0 Å². The first-order valence-electron chi connectivity index (χ1n) is 3.85. The van der Waals surface area contributed by atoms with Gasteiger partial charge in [-0.15, -0.1) is 16.4 Å². The quantitative estimate of drug-likeness (QED) is 0.275. The van der Waals surface area contributed by atoms with Gasteiger partial charge < -0.3 is 4.98 Å². The molecule has 0 spiro atoms. The van der Waals surface area contributed by atoms with Gasteiger partial charge in [-0.1, -0.05) is 4.81 Å². The van der Waals surface area contributed by atoms with Crippen molar-refractivity contribution < 1.29 is 0 Å². The van der Waals surface area contributed by atoms with Crippen molar-refractivity contribution in [1.82, 2.24) is 24.4 Å². The molecule has 8 nitrogen and oxygen atoms in total. The van der Waals surface area contributed by atoms with E-state index in [4.69, 9.17) is 11.7 Å². The van der Waals surface area contributed by atoms with Crippen LogP contribution in [0.2, 0.25) is 0 Å². The van der Waals surface area contributed by atoms with E-state index in [0.29, 0.717) is 5.65 Å². The van der Waals surface area contributed by atoms with Gasteiger partial charge in [0.05, 0.1) is 6.33 Å². The van der Waals surface area contributed by atoms with Crippen LogP contribution in [0, 0.1) is 0 Å². The molecule has 0 aromatic carbocycles. The lowest BCUT2D eigenvalue weighted by molar-refractivity contribution is 0.173. The zero-order valence-electron chi connectivity index (χ0n) is 7.51. The van der Waals surface area contributed by atoms with Crippen LogP contribution in [0.4, 0.5) is 0 Å². The van der Waals surface area contributed by atoms with Crippen molar-refractivity contribution >= 4 is 11.2 Å². The van der Waals surface area contributed by atoms with Crippen LogP contribution in [0.15, 0.2) is 17.4 Å². The summed E-state index contributed by atoms with van der Waals surface area (Å²) in [4.78, 5) is 21.0. The molecule has 14 heavy (non-hydrogen) atoms. The average molecular weight is 196 g/mol. The lowest BCUT2D eigenvalue weighted by Gasteiger charge is -2.20. The second-order valence-electron chi connectivity index (χ2n) is 3.09. The van der Waals surface area contributed by atoms with Gasteiger partial charge >= 0.3 is 0 Å². The van der Waals surface area contributed by atoms with Crippen LogP contribution >= 0.6 is 0 Å². The third kappa shape index (κ3) is 1.18. The monoisotopic (exact) mass is 196 g/mol. The standard InChI is InChI=1S/C6H9N7O/c1-13(7,8)12-3-11-4-5(12)9-2-10-6(4)14/h2-3H,7-8H2,1H3/p+1. The fraction of sp³-hybridized carbons (Fsp3) is 0.167. The smallest absolute Gasteiger partial charge is 0.279 e. The Bertz CT molecular complexity index is 519. The Morgan fingerprint density at radius 3 is 2.86 bits per heavy atom. The summed E-state index contributed by atoms with van der Waals surface area (Å²) in [5.41, 5.74) is 0.246. The lowest BCUT2D eigenvalue weighted by Crippen LogP contribution is -2.66. The molecule has 2 aromatic rings. The molecule has 74 valence electrons. The van der Waals surface area contributed by atoms with E-state index in [9.17, 15) is 4.79 Å². The molecule has 0 radical (unpaired) electrons. The molecule has 0 atom stereocenters. The minimum absolute atomic E-state index is 0.216. The van der Waals surface area contributed by atoms with Crippen LogP contribution in [0.3, 0.4) is 0 Å². The van der Waals surface area contributed by atoms with E-state index in [1.807, 2.05) is 0 Å². The van der Waals surface area contributed by atoms with Crippen LogP contribution in [0.5, 0.6) is 0 Å². The highest BCUT2D eigenvalue weighted by atomic mass is 16.1. The topological polar surface area (TPSA) is 116 Å². The first kappa shape index (κ1) is 8.81. The molecular weight excluding hydrogens is 186 g/mol. The highest BCUT2D eigenvalue weighted by Gasteiger charge is 2.19. The maximum absolute atomic E-state index is 11.3. The molecule has 0 bridgehead atoms. The summed E-state index contributed by atoms with van der Waals surface area (Å²) in [6.45, 7) is 0. The second kappa shape index (κ2) is 2.61. The fourth-order valence-corrected chi connectivity index (χ4v) is 1.15. The van der Waals surface area contributed by atoms with Crippen LogP contribution in [0.25, 0.3) is 11.2 Å². The van der Waals surface area contributed by atoms with Gasteiger partial charge in [-0.25, -0.2) is 9.97 Å². The van der Waals surface area contributed by atoms with Gasteiger partial charge in [-0.2, -0.15) is 0 Å². The summed E-state index contributed by atoms with van der Waals surface area (Å²) in [7, 11) is 1.53. The number of quaternary nitrogens is 1. The summed E-state index contributed by atoms with van der Waals surface area (Å²) >= 11 is 0. The normalized spacial score (nSPS) is 12.2. The summed E-state index contributed by atoms with van der Waals surface area (Å²) in [6.07, 6.45) is 2.64. The minimum Gasteiger partial charge on any atom is -0.311 e. The number of hydrogen-bond acceptors (Lipinski definition) is 5. The fourth-order valence-electron chi connectivity index (χ4n) is 1.15. The Balaban J connectivity index is 2.83. The summed E-state index contributed by atoms with van der Waals surface area (Å²) < 4.78 is 1.38. The van der Waals surface area contributed by atoms with Crippen molar-refractivity contribution in [3.63, 3.8) is 0 Å². The molecule has 0 aliphatic heterocycles. The highest BCUT2D eigenvalue weighted by Crippen LogP contribution is 2.03. The molecule has 0 saturated heterocycles. The third-order valence-corrected chi connectivity index (χ3v) is 1.79. The number of nitrogens with zero attached hydrogens (tertiary/aromatic N) is 4. The number of aromatic amines is 1. The zero-order chi connectivity index (χ0) is 10.3. The predicted octanol–water partition coefficient (Wildman–Crippen LogP) is -2.06. The Morgan fingerprint density at radius 2 is 2.21 bits per heavy atom. The maximum Gasteiger partial charge on any atom is 0.279 e. The Morgan fingerprint density at radius 1 is 1.50 bits per heavy atom. The Hall–Kier alpha value is -1.77. The number of nitrogens with two attached hydrogens (primary N) is 2. The van der Waals surface area contributed by atoms with Crippen LogP contribution in [-0.4, -0.2) is 26.7 Å². The van der Waals surface area contributed by atoms with Gasteiger partial charge in [0.25, 0.3) is 5.56 Å². The van der Waals surface area contributed by atoms with Crippen LogP contribution in [-0.2, 0) is 0 Å². The van der Waals surface area contributed by atoms with E-state index in [1.165, 1.54) is 24.4 Å². The number of imidazole rings is 1. The molecule has 2 rings (SSSR count).